The Kier molecular flexibility index (Phi) is 5.95. The van der Waals surface area contributed by atoms with Crippen LogP contribution in [0.1, 0.15) is 20.3 Å². The fourth-order valence-corrected chi connectivity index (χ4v) is 1.66. The minimum Gasteiger partial charge on any atom is -0.348 e. The first-order chi connectivity index (χ1) is 8.90. The number of rotatable bonds is 4. The summed E-state index contributed by atoms with van der Waals surface area (Å²) in [5, 5.41) is 4.71. The Labute approximate surface area is 119 Å². The van der Waals surface area contributed by atoms with Crippen molar-refractivity contribution >= 4 is 33.4 Å². The summed E-state index contributed by atoms with van der Waals surface area (Å²) < 4.78 is 14.0. The van der Waals surface area contributed by atoms with E-state index in [1.54, 1.807) is 6.07 Å². The quantitative estimate of drug-likeness (QED) is 0.834. The zero-order valence-electron chi connectivity index (χ0n) is 10.8. The van der Waals surface area contributed by atoms with E-state index in [4.69, 9.17) is 0 Å². The predicted octanol–water partition coefficient (Wildman–Crippen LogP) is 2.69. The number of hydrogen-bond donors (Lipinski definition) is 2. The second-order valence-electron chi connectivity index (χ2n) is 4.52. The Bertz CT molecular complexity index is 478. The molecular formula is C13H16BrFN2O2. The number of amides is 2. The average Bonchev–Trinajstić information content (AvgIpc) is 2.32. The van der Waals surface area contributed by atoms with Gasteiger partial charge in [0, 0.05) is 11.0 Å². The van der Waals surface area contributed by atoms with Gasteiger partial charge in [0.05, 0.1) is 5.69 Å². The number of hydrogen-bond acceptors (Lipinski definition) is 2. The van der Waals surface area contributed by atoms with Crippen molar-refractivity contribution < 1.29 is 14.0 Å². The lowest BCUT2D eigenvalue weighted by Gasteiger charge is -2.08. The zero-order chi connectivity index (χ0) is 14.4. The second-order valence-corrected chi connectivity index (χ2v) is 5.43. The van der Waals surface area contributed by atoms with Crippen LogP contribution in [0.5, 0.6) is 0 Å². The van der Waals surface area contributed by atoms with E-state index < -0.39 is 17.6 Å². The van der Waals surface area contributed by atoms with E-state index in [-0.39, 0.29) is 5.69 Å². The maximum atomic E-state index is 13.5. The van der Waals surface area contributed by atoms with Crippen LogP contribution in [-0.4, -0.2) is 18.4 Å². The molecule has 4 nitrogen and oxygen atoms in total. The van der Waals surface area contributed by atoms with Gasteiger partial charge in [-0.15, -0.1) is 0 Å². The molecule has 0 saturated heterocycles. The van der Waals surface area contributed by atoms with Gasteiger partial charge in [-0.2, -0.15) is 0 Å². The molecule has 1 aromatic carbocycles. The highest BCUT2D eigenvalue weighted by Crippen LogP contribution is 2.19. The van der Waals surface area contributed by atoms with E-state index in [1.165, 1.54) is 12.1 Å². The molecule has 0 atom stereocenters. The third-order valence-electron chi connectivity index (χ3n) is 2.39. The molecule has 19 heavy (non-hydrogen) atoms. The number of carbonyl (C=O) groups is 2. The first-order valence-corrected chi connectivity index (χ1v) is 6.73. The normalized spacial score (nSPS) is 10.4. The van der Waals surface area contributed by atoms with Crippen molar-refractivity contribution in [3.05, 3.63) is 28.5 Å². The summed E-state index contributed by atoms with van der Waals surface area (Å²) in [6, 6.07) is 4.18. The Morgan fingerprint density at radius 2 is 2.00 bits per heavy atom. The van der Waals surface area contributed by atoms with Crippen molar-refractivity contribution in [1.29, 1.82) is 0 Å². The summed E-state index contributed by atoms with van der Waals surface area (Å²) in [6.07, 6.45) is 0.783. The fourth-order valence-electron chi connectivity index (χ4n) is 1.32. The van der Waals surface area contributed by atoms with Crippen molar-refractivity contribution in [2.24, 2.45) is 5.92 Å². The molecule has 0 fully saturated rings. The van der Waals surface area contributed by atoms with E-state index in [0.717, 1.165) is 6.42 Å². The molecule has 1 rings (SSSR count). The summed E-state index contributed by atoms with van der Waals surface area (Å²) in [7, 11) is 0. The summed E-state index contributed by atoms with van der Waals surface area (Å²) in [4.78, 5) is 23.0. The Hall–Kier alpha value is -1.43. The van der Waals surface area contributed by atoms with Gasteiger partial charge in [0.15, 0.2) is 0 Å². The number of halogens is 2. The molecule has 0 aromatic heterocycles. The minimum absolute atomic E-state index is 0.0211. The monoisotopic (exact) mass is 330 g/mol. The van der Waals surface area contributed by atoms with Crippen LogP contribution < -0.4 is 10.6 Å². The molecule has 0 spiro atoms. The van der Waals surface area contributed by atoms with Crippen LogP contribution in [0.25, 0.3) is 0 Å². The van der Waals surface area contributed by atoms with Crippen molar-refractivity contribution in [2.45, 2.75) is 20.3 Å². The van der Waals surface area contributed by atoms with Gasteiger partial charge in [-0.25, -0.2) is 4.39 Å². The third-order valence-corrected chi connectivity index (χ3v) is 2.89. The van der Waals surface area contributed by atoms with E-state index in [9.17, 15) is 14.0 Å². The van der Waals surface area contributed by atoms with Gasteiger partial charge in [0.25, 0.3) is 0 Å². The first kappa shape index (κ1) is 15.6. The SMILES string of the molecule is CC(C)CCNC(=O)C(=O)Nc1ccc(Br)cc1F. The van der Waals surface area contributed by atoms with Crippen LogP contribution in [0.3, 0.4) is 0 Å². The molecule has 0 radical (unpaired) electrons. The smallest absolute Gasteiger partial charge is 0.313 e. The molecule has 2 amide bonds. The van der Waals surface area contributed by atoms with E-state index in [2.05, 4.69) is 26.6 Å². The number of nitrogens with one attached hydrogen (secondary N) is 2. The van der Waals surface area contributed by atoms with Gasteiger partial charge >= 0.3 is 11.8 Å². The molecule has 0 bridgehead atoms. The molecule has 0 unspecified atom stereocenters. The minimum atomic E-state index is -0.870. The zero-order valence-corrected chi connectivity index (χ0v) is 12.4. The van der Waals surface area contributed by atoms with Crippen LogP contribution in [0.4, 0.5) is 10.1 Å². The standard InChI is InChI=1S/C13H16BrFN2O2/c1-8(2)5-6-16-12(18)13(19)17-11-4-3-9(14)7-10(11)15/h3-4,7-8H,5-6H2,1-2H3,(H,16,18)(H,17,19). The van der Waals surface area contributed by atoms with Crippen LogP contribution >= 0.6 is 15.9 Å². The summed E-state index contributed by atoms with van der Waals surface area (Å²) in [6.45, 7) is 4.46. The topological polar surface area (TPSA) is 58.2 Å². The van der Waals surface area contributed by atoms with Crippen LogP contribution in [0.15, 0.2) is 22.7 Å². The van der Waals surface area contributed by atoms with Gasteiger partial charge in [0.1, 0.15) is 5.82 Å². The molecular weight excluding hydrogens is 315 g/mol. The van der Waals surface area contributed by atoms with E-state index in [1.807, 2.05) is 13.8 Å². The van der Waals surface area contributed by atoms with Crippen molar-refractivity contribution in [3.8, 4) is 0 Å². The molecule has 6 heteroatoms. The number of benzene rings is 1. The summed E-state index contributed by atoms with van der Waals surface area (Å²) in [5.41, 5.74) is -0.0211. The highest BCUT2D eigenvalue weighted by Gasteiger charge is 2.15. The maximum Gasteiger partial charge on any atom is 0.313 e. The molecule has 0 aliphatic rings. The number of carbonyl (C=O) groups excluding carboxylic acids is 2. The first-order valence-electron chi connectivity index (χ1n) is 5.94. The summed E-state index contributed by atoms with van der Waals surface area (Å²) in [5.74, 6) is -1.79. The average molecular weight is 331 g/mol. The van der Waals surface area contributed by atoms with Crippen molar-refractivity contribution in [1.82, 2.24) is 5.32 Å². The van der Waals surface area contributed by atoms with Crippen molar-refractivity contribution in [3.63, 3.8) is 0 Å². The fraction of sp³-hybridized carbons (Fsp3) is 0.385. The van der Waals surface area contributed by atoms with E-state index >= 15 is 0 Å². The Balaban J connectivity index is 2.52. The van der Waals surface area contributed by atoms with Gasteiger partial charge in [0.2, 0.25) is 0 Å². The highest BCUT2D eigenvalue weighted by molar-refractivity contribution is 9.10. The molecule has 1 aromatic rings. The van der Waals surface area contributed by atoms with Gasteiger partial charge in [-0.1, -0.05) is 29.8 Å². The Morgan fingerprint density at radius 3 is 2.58 bits per heavy atom. The molecule has 2 N–H and O–H groups in total. The molecule has 104 valence electrons. The van der Waals surface area contributed by atoms with Gasteiger partial charge in [-0.3, -0.25) is 9.59 Å². The predicted molar refractivity (Wildman–Crippen MR) is 75.2 cm³/mol. The van der Waals surface area contributed by atoms with Gasteiger partial charge < -0.3 is 10.6 Å². The lowest BCUT2D eigenvalue weighted by atomic mass is 10.1. The summed E-state index contributed by atoms with van der Waals surface area (Å²) >= 11 is 3.11. The second kappa shape index (κ2) is 7.23. The van der Waals surface area contributed by atoms with Crippen molar-refractivity contribution in [2.75, 3.05) is 11.9 Å². The lowest BCUT2D eigenvalue weighted by molar-refractivity contribution is -0.136. The molecule has 0 aliphatic heterocycles. The maximum absolute atomic E-state index is 13.5. The lowest BCUT2D eigenvalue weighted by Crippen LogP contribution is -2.36. The van der Waals surface area contributed by atoms with Crippen LogP contribution in [0.2, 0.25) is 0 Å². The third kappa shape index (κ3) is 5.38. The Morgan fingerprint density at radius 1 is 1.32 bits per heavy atom. The molecule has 0 saturated carbocycles. The van der Waals surface area contributed by atoms with Crippen LogP contribution in [0, 0.1) is 11.7 Å². The molecule has 0 heterocycles. The largest absolute Gasteiger partial charge is 0.348 e. The number of anilines is 1. The van der Waals surface area contributed by atoms with E-state index in [0.29, 0.717) is 16.9 Å². The van der Waals surface area contributed by atoms with Gasteiger partial charge in [-0.05, 0) is 30.5 Å². The van der Waals surface area contributed by atoms with Crippen LogP contribution in [-0.2, 0) is 9.59 Å². The molecule has 0 aliphatic carbocycles. The highest BCUT2D eigenvalue weighted by atomic mass is 79.9.